The molecule has 0 saturated carbocycles. The summed E-state index contributed by atoms with van der Waals surface area (Å²) in [5, 5.41) is 10.6. The standard InChI is InChI=1S/C13H11F3O2/c1-18-11-5-4-8-2-3-9(6-10(8)7-11)12(17)13(14,15)16/h2-7,12,17H,1H3. The highest BCUT2D eigenvalue weighted by atomic mass is 19.4. The van der Waals surface area contributed by atoms with Crippen molar-refractivity contribution in [1.82, 2.24) is 0 Å². The lowest BCUT2D eigenvalue weighted by Crippen LogP contribution is -2.20. The van der Waals surface area contributed by atoms with Crippen molar-refractivity contribution in [2.75, 3.05) is 7.11 Å². The van der Waals surface area contributed by atoms with Gasteiger partial charge in [-0.1, -0.05) is 18.2 Å². The van der Waals surface area contributed by atoms with E-state index < -0.39 is 12.3 Å². The molecule has 0 aliphatic rings. The number of fused-ring (bicyclic) bond motifs is 1. The van der Waals surface area contributed by atoms with Gasteiger partial charge in [-0.2, -0.15) is 13.2 Å². The second-order valence-electron chi connectivity index (χ2n) is 3.92. The van der Waals surface area contributed by atoms with E-state index in [4.69, 9.17) is 4.74 Å². The van der Waals surface area contributed by atoms with Gasteiger partial charge in [0.25, 0.3) is 0 Å². The summed E-state index contributed by atoms with van der Waals surface area (Å²) in [6.07, 6.45) is -7.12. The molecule has 2 aromatic rings. The van der Waals surface area contributed by atoms with Crippen molar-refractivity contribution in [3.63, 3.8) is 0 Å². The Hall–Kier alpha value is -1.75. The highest BCUT2D eigenvalue weighted by Gasteiger charge is 2.39. The van der Waals surface area contributed by atoms with Gasteiger partial charge in [0.1, 0.15) is 5.75 Å². The maximum absolute atomic E-state index is 12.4. The van der Waals surface area contributed by atoms with Gasteiger partial charge in [0.2, 0.25) is 0 Å². The van der Waals surface area contributed by atoms with Crippen molar-refractivity contribution < 1.29 is 23.0 Å². The highest BCUT2D eigenvalue weighted by Crippen LogP contribution is 2.34. The van der Waals surface area contributed by atoms with E-state index >= 15 is 0 Å². The summed E-state index contributed by atoms with van der Waals surface area (Å²) in [6.45, 7) is 0. The van der Waals surface area contributed by atoms with Crippen molar-refractivity contribution in [1.29, 1.82) is 0 Å². The third-order valence-electron chi connectivity index (χ3n) is 2.70. The fourth-order valence-electron chi connectivity index (χ4n) is 1.73. The van der Waals surface area contributed by atoms with Crippen LogP contribution < -0.4 is 4.74 Å². The molecule has 0 amide bonds. The molecule has 1 unspecified atom stereocenters. The third-order valence-corrected chi connectivity index (χ3v) is 2.70. The number of rotatable bonds is 2. The van der Waals surface area contributed by atoms with Crippen molar-refractivity contribution in [2.45, 2.75) is 12.3 Å². The molecule has 2 nitrogen and oxygen atoms in total. The predicted molar refractivity (Wildman–Crippen MR) is 61.5 cm³/mol. The summed E-state index contributed by atoms with van der Waals surface area (Å²) in [6, 6.07) is 9.23. The van der Waals surface area contributed by atoms with Gasteiger partial charge in [-0.25, -0.2) is 0 Å². The van der Waals surface area contributed by atoms with E-state index in [1.165, 1.54) is 19.2 Å². The molecule has 0 aromatic heterocycles. The molecule has 0 heterocycles. The monoisotopic (exact) mass is 256 g/mol. The maximum Gasteiger partial charge on any atom is 0.418 e. The van der Waals surface area contributed by atoms with Crippen molar-refractivity contribution in [3.8, 4) is 5.75 Å². The second-order valence-corrected chi connectivity index (χ2v) is 3.92. The lowest BCUT2D eigenvalue weighted by Gasteiger charge is -2.15. The van der Waals surface area contributed by atoms with E-state index in [-0.39, 0.29) is 5.56 Å². The van der Waals surface area contributed by atoms with Crippen LogP contribution in [0.5, 0.6) is 5.75 Å². The van der Waals surface area contributed by atoms with Crippen LogP contribution in [0.1, 0.15) is 11.7 Å². The van der Waals surface area contributed by atoms with Crippen LogP contribution in [-0.2, 0) is 0 Å². The van der Waals surface area contributed by atoms with Gasteiger partial charge in [0, 0.05) is 0 Å². The zero-order valence-corrected chi connectivity index (χ0v) is 9.53. The fraction of sp³-hybridized carbons (Fsp3) is 0.231. The van der Waals surface area contributed by atoms with E-state index in [0.29, 0.717) is 11.1 Å². The fourth-order valence-corrected chi connectivity index (χ4v) is 1.73. The normalized spacial score (nSPS) is 13.6. The summed E-state index contributed by atoms with van der Waals surface area (Å²) in [5.74, 6) is 0.557. The number of alkyl halides is 3. The van der Waals surface area contributed by atoms with Crippen LogP contribution in [0.15, 0.2) is 36.4 Å². The Morgan fingerprint density at radius 2 is 1.72 bits per heavy atom. The molecule has 1 atom stereocenters. The third kappa shape index (κ3) is 2.41. The van der Waals surface area contributed by atoms with Crippen LogP contribution in [0.25, 0.3) is 10.8 Å². The van der Waals surface area contributed by atoms with Gasteiger partial charge in [-0.3, -0.25) is 0 Å². The van der Waals surface area contributed by atoms with Gasteiger partial charge in [-0.15, -0.1) is 0 Å². The zero-order valence-electron chi connectivity index (χ0n) is 9.53. The smallest absolute Gasteiger partial charge is 0.418 e. The molecule has 96 valence electrons. The topological polar surface area (TPSA) is 29.5 Å². The zero-order chi connectivity index (χ0) is 13.3. The number of ether oxygens (including phenoxy) is 1. The molecule has 1 N–H and O–H groups in total. The first kappa shape index (κ1) is 12.7. The molecule has 0 spiro atoms. The average Bonchev–Trinajstić information content (AvgIpc) is 2.35. The van der Waals surface area contributed by atoms with Crippen molar-refractivity contribution in [3.05, 3.63) is 42.0 Å². The molecule has 2 rings (SSSR count). The number of aliphatic hydroxyl groups excluding tert-OH is 1. The molecular weight excluding hydrogens is 245 g/mol. The molecule has 0 saturated heterocycles. The summed E-state index contributed by atoms with van der Waals surface area (Å²) in [5.41, 5.74) is -0.178. The number of benzene rings is 2. The molecule has 5 heteroatoms. The van der Waals surface area contributed by atoms with Gasteiger partial charge in [0.05, 0.1) is 7.11 Å². The molecule has 0 aliphatic carbocycles. The first-order valence-electron chi connectivity index (χ1n) is 5.24. The Morgan fingerprint density at radius 3 is 2.33 bits per heavy atom. The van der Waals surface area contributed by atoms with E-state index in [0.717, 1.165) is 5.39 Å². The predicted octanol–water partition coefficient (Wildman–Crippen LogP) is 3.44. The van der Waals surface area contributed by atoms with Crippen LogP contribution in [0.3, 0.4) is 0 Å². The number of hydrogen-bond acceptors (Lipinski definition) is 2. The quantitative estimate of drug-likeness (QED) is 0.891. The first-order chi connectivity index (χ1) is 8.41. The van der Waals surface area contributed by atoms with E-state index in [1.54, 1.807) is 24.3 Å². The molecule has 0 fully saturated rings. The SMILES string of the molecule is COc1ccc2ccc(C(O)C(F)(F)F)cc2c1. The van der Waals surface area contributed by atoms with Crippen molar-refractivity contribution in [2.24, 2.45) is 0 Å². The summed E-state index contributed by atoms with van der Waals surface area (Å²) >= 11 is 0. The molecule has 0 radical (unpaired) electrons. The molecule has 2 aromatic carbocycles. The van der Waals surface area contributed by atoms with Crippen LogP contribution in [-0.4, -0.2) is 18.4 Å². The minimum Gasteiger partial charge on any atom is -0.497 e. The van der Waals surface area contributed by atoms with Crippen LogP contribution in [0.2, 0.25) is 0 Å². The van der Waals surface area contributed by atoms with Gasteiger partial charge >= 0.3 is 6.18 Å². The number of aliphatic hydroxyl groups is 1. The Morgan fingerprint density at radius 1 is 1.06 bits per heavy atom. The summed E-state index contributed by atoms with van der Waals surface area (Å²) in [4.78, 5) is 0. The highest BCUT2D eigenvalue weighted by molar-refractivity contribution is 5.84. The molecule has 0 bridgehead atoms. The minimum atomic E-state index is -4.66. The molecule has 0 aliphatic heterocycles. The Kier molecular flexibility index (Phi) is 3.17. The summed E-state index contributed by atoms with van der Waals surface area (Å²) in [7, 11) is 1.48. The minimum absolute atomic E-state index is 0.178. The average molecular weight is 256 g/mol. The van der Waals surface area contributed by atoms with E-state index in [2.05, 4.69) is 0 Å². The largest absolute Gasteiger partial charge is 0.497 e. The van der Waals surface area contributed by atoms with Crippen molar-refractivity contribution >= 4 is 10.8 Å². The van der Waals surface area contributed by atoms with Gasteiger partial charge < -0.3 is 9.84 Å². The maximum atomic E-state index is 12.4. The molecule has 18 heavy (non-hydrogen) atoms. The van der Waals surface area contributed by atoms with Crippen LogP contribution >= 0.6 is 0 Å². The lowest BCUT2D eigenvalue weighted by atomic mass is 10.0. The van der Waals surface area contributed by atoms with Gasteiger partial charge in [-0.05, 0) is 34.5 Å². The number of methoxy groups -OCH3 is 1. The number of halogens is 3. The Bertz CT molecular complexity index is 564. The Balaban J connectivity index is 2.48. The summed E-state index contributed by atoms with van der Waals surface area (Å²) < 4.78 is 42.2. The Labute approximate surface area is 102 Å². The van der Waals surface area contributed by atoms with Crippen LogP contribution in [0.4, 0.5) is 13.2 Å². The second kappa shape index (κ2) is 4.49. The molecular formula is C13H11F3O2. The first-order valence-corrected chi connectivity index (χ1v) is 5.24. The van der Waals surface area contributed by atoms with Gasteiger partial charge in [0.15, 0.2) is 6.10 Å². The lowest BCUT2D eigenvalue weighted by molar-refractivity contribution is -0.206. The van der Waals surface area contributed by atoms with E-state index in [9.17, 15) is 18.3 Å². The number of hydrogen-bond donors (Lipinski definition) is 1. The van der Waals surface area contributed by atoms with E-state index in [1.807, 2.05) is 0 Å². The van der Waals surface area contributed by atoms with Crippen LogP contribution in [0, 0.1) is 0 Å².